The molecule has 0 saturated heterocycles. The van der Waals surface area contributed by atoms with Gasteiger partial charge in [-0.15, -0.1) is 12.3 Å². The van der Waals surface area contributed by atoms with E-state index in [1.807, 2.05) is 0 Å². The summed E-state index contributed by atoms with van der Waals surface area (Å²) >= 11 is 0. The lowest BCUT2D eigenvalue weighted by Gasteiger charge is -2.26. The molecule has 3 unspecified atom stereocenters. The Hall–Kier alpha value is -1.05. The molecule has 4 heteroatoms. The number of aliphatic hydroxyl groups excluding tert-OH is 1. The molecule has 1 amide bonds. The van der Waals surface area contributed by atoms with E-state index in [0.29, 0.717) is 12.5 Å². The fraction of sp³-hybridized carbons (Fsp3) is 0.750. The predicted octanol–water partition coefficient (Wildman–Crippen LogP) is 0.00430. The van der Waals surface area contributed by atoms with Gasteiger partial charge in [0.25, 0.3) is 0 Å². The van der Waals surface area contributed by atoms with Crippen LogP contribution in [-0.4, -0.2) is 29.7 Å². The average molecular weight is 224 g/mol. The van der Waals surface area contributed by atoms with E-state index in [4.69, 9.17) is 12.2 Å². The molecule has 0 radical (unpaired) electrons. The lowest BCUT2D eigenvalue weighted by Crippen LogP contribution is -2.43. The average Bonchev–Trinajstić information content (AvgIpc) is 2.26. The van der Waals surface area contributed by atoms with Crippen LogP contribution in [0.3, 0.4) is 0 Å². The maximum Gasteiger partial charge on any atom is 0.237 e. The summed E-state index contributed by atoms with van der Waals surface area (Å²) in [6.45, 7) is 0.591. The number of carbonyl (C=O) groups excluding carboxylic acids is 1. The van der Waals surface area contributed by atoms with Gasteiger partial charge < -0.3 is 16.2 Å². The first-order chi connectivity index (χ1) is 7.63. The molecule has 0 aromatic carbocycles. The Kier molecular flexibility index (Phi) is 5.30. The molecular formula is C12H20N2O2. The van der Waals surface area contributed by atoms with Crippen LogP contribution < -0.4 is 11.1 Å². The number of amides is 1. The van der Waals surface area contributed by atoms with Crippen molar-refractivity contribution in [2.24, 2.45) is 11.7 Å². The van der Waals surface area contributed by atoms with Crippen LogP contribution in [0.5, 0.6) is 0 Å². The minimum Gasteiger partial charge on any atom is -0.393 e. The number of nitrogens with two attached hydrogens (primary N) is 1. The lowest BCUT2D eigenvalue weighted by atomic mass is 9.87. The van der Waals surface area contributed by atoms with E-state index in [9.17, 15) is 9.90 Å². The van der Waals surface area contributed by atoms with Crippen molar-refractivity contribution in [1.29, 1.82) is 0 Å². The largest absolute Gasteiger partial charge is 0.393 e. The Bertz CT molecular complexity index is 273. The summed E-state index contributed by atoms with van der Waals surface area (Å²) in [7, 11) is 0. The zero-order chi connectivity index (χ0) is 12.0. The monoisotopic (exact) mass is 224 g/mol. The predicted molar refractivity (Wildman–Crippen MR) is 62.4 cm³/mol. The molecule has 0 spiro atoms. The van der Waals surface area contributed by atoms with Gasteiger partial charge in [-0.1, -0.05) is 6.42 Å². The summed E-state index contributed by atoms with van der Waals surface area (Å²) < 4.78 is 0. The van der Waals surface area contributed by atoms with Crippen LogP contribution >= 0.6 is 0 Å². The summed E-state index contributed by atoms with van der Waals surface area (Å²) in [5.74, 6) is 2.54. The number of terminal acetylenes is 1. The number of hydrogen-bond donors (Lipinski definition) is 3. The first-order valence-electron chi connectivity index (χ1n) is 5.78. The van der Waals surface area contributed by atoms with Gasteiger partial charge in [0.2, 0.25) is 5.91 Å². The molecule has 0 aliphatic heterocycles. The fourth-order valence-corrected chi connectivity index (χ4v) is 2.04. The van der Waals surface area contributed by atoms with E-state index in [0.717, 1.165) is 25.7 Å². The molecule has 90 valence electrons. The van der Waals surface area contributed by atoms with Gasteiger partial charge in [0, 0.05) is 13.0 Å². The lowest BCUT2D eigenvalue weighted by molar-refractivity contribution is -0.122. The van der Waals surface area contributed by atoms with Crippen LogP contribution in [0.2, 0.25) is 0 Å². The minimum atomic E-state index is -0.612. The van der Waals surface area contributed by atoms with E-state index in [1.165, 1.54) is 0 Å². The van der Waals surface area contributed by atoms with E-state index in [2.05, 4.69) is 11.2 Å². The molecule has 1 aliphatic carbocycles. The highest BCUT2D eigenvalue weighted by molar-refractivity contribution is 5.81. The molecule has 1 aliphatic rings. The molecular weight excluding hydrogens is 204 g/mol. The van der Waals surface area contributed by atoms with Crippen molar-refractivity contribution >= 4 is 5.91 Å². The van der Waals surface area contributed by atoms with E-state index < -0.39 is 6.04 Å². The van der Waals surface area contributed by atoms with Crippen molar-refractivity contribution in [1.82, 2.24) is 5.32 Å². The maximum absolute atomic E-state index is 11.5. The first kappa shape index (κ1) is 13.0. The van der Waals surface area contributed by atoms with Crippen LogP contribution in [0.15, 0.2) is 0 Å². The highest BCUT2D eigenvalue weighted by atomic mass is 16.3. The highest BCUT2D eigenvalue weighted by Crippen LogP contribution is 2.23. The smallest absolute Gasteiger partial charge is 0.237 e. The zero-order valence-electron chi connectivity index (χ0n) is 9.48. The van der Waals surface area contributed by atoms with Gasteiger partial charge in [0.15, 0.2) is 0 Å². The van der Waals surface area contributed by atoms with Gasteiger partial charge in [0.1, 0.15) is 0 Å². The third kappa shape index (κ3) is 4.21. The second-order valence-corrected chi connectivity index (χ2v) is 4.45. The number of aliphatic hydroxyl groups is 1. The van der Waals surface area contributed by atoms with Crippen molar-refractivity contribution in [2.45, 2.75) is 44.2 Å². The van der Waals surface area contributed by atoms with E-state index in [1.54, 1.807) is 0 Å². The van der Waals surface area contributed by atoms with Crippen LogP contribution in [0.25, 0.3) is 0 Å². The summed E-state index contributed by atoms with van der Waals surface area (Å²) in [6, 6.07) is -0.612. The SMILES string of the molecule is C#CCC(N)C(=O)NCC1CCCC(O)C1. The molecule has 3 atom stereocenters. The van der Waals surface area contributed by atoms with Gasteiger partial charge in [-0.05, 0) is 25.2 Å². The molecule has 1 saturated carbocycles. The van der Waals surface area contributed by atoms with Gasteiger partial charge >= 0.3 is 0 Å². The maximum atomic E-state index is 11.5. The molecule has 0 aromatic rings. The molecule has 16 heavy (non-hydrogen) atoms. The molecule has 4 nitrogen and oxygen atoms in total. The summed E-state index contributed by atoms with van der Waals surface area (Å²) in [6.07, 6.45) is 8.86. The molecule has 1 fully saturated rings. The topological polar surface area (TPSA) is 75.4 Å². The zero-order valence-corrected chi connectivity index (χ0v) is 9.48. The Labute approximate surface area is 96.6 Å². The molecule has 1 rings (SSSR count). The van der Waals surface area contributed by atoms with E-state index >= 15 is 0 Å². The van der Waals surface area contributed by atoms with Crippen molar-refractivity contribution in [3.8, 4) is 12.3 Å². The van der Waals surface area contributed by atoms with Gasteiger partial charge in [-0.3, -0.25) is 4.79 Å². The van der Waals surface area contributed by atoms with Gasteiger partial charge in [-0.2, -0.15) is 0 Å². The number of rotatable bonds is 4. The quantitative estimate of drug-likeness (QED) is 0.589. The number of carbonyl (C=O) groups is 1. The van der Waals surface area contributed by atoms with Gasteiger partial charge in [0.05, 0.1) is 12.1 Å². The normalized spacial score (nSPS) is 26.8. The Balaban J connectivity index is 2.23. The summed E-state index contributed by atoms with van der Waals surface area (Å²) in [5, 5.41) is 12.3. The summed E-state index contributed by atoms with van der Waals surface area (Å²) in [4.78, 5) is 11.5. The van der Waals surface area contributed by atoms with Crippen LogP contribution in [0.4, 0.5) is 0 Å². The molecule has 0 heterocycles. The third-order valence-corrected chi connectivity index (χ3v) is 2.99. The van der Waals surface area contributed by atoms with Crippen molar-refractivity contribution in [2.75, 3.05) is 6.54 Å². The fourth-order valence-electron chi connectivity index (χ4n) is 2.04. The first-order valence-corrected chi connectivity index (χ1v) is 5.78. The van der Waals surface area contributed by atoms with Crippen molar-refractivity contribution < 1.29 is 9.90 Å². The molecule has 4 N–H and O–H groups in total. The van der Waals surface area contributed by atoms with Crippen LogP contribution in [-0.2, 0) is 4.79 Å². The molecule has 0 bridgehead atoms. The number of hydrogen-bond acceptors (Lipinski definition) is 3. The Morgan fingerprint density at radius 3 is 3.00 bits per heavy atom. The van der Waals surface area contributed by atoms with Gasteiger partial charge in [-0.25, -0.2) is 0 Å². The van der Waals surface area contributed by atoms with Crippen LogP contribution in [0, 0.1) is 18.3 Å². The number of nitrogens with one attached hydrogen (secondary N) is 1. The molecule has 0 aromatic heterocycles. The second-order valence-electron chi connectivity index (χ2n) is 4.45. The highest BCUT2D eigenvalue weighted by Gasteiger charge is 2.21. The summed E-state index contributed by atoms with van der Waals surface area (Å²) in [5.41, 5.74) is 5.57. The Morgan fingerprint density at radius 2 is 2.38 bits per heavy atom. The standard InChI is InChI=1S/C12H20N2O2/c1-2-4-11(13)12(16)14-8-9-5-3-6-10(15)7-9/h1,9-11,15H,3-8,13H2,(H,14,16). The Morgan fingerprint density at radius 1 is 1.62 bits per heavy atom. The van der Waals surface area contributed by atoms with Crippen LogP contribution in [0.1, 0.15) is 32.1 Å². The second kappa shape index (κ2) is 6.51. The van der Waals surface area contributed by atoms with Crippen molar-refractivity contribution in [3.05, 3.63) is 0 Å². The van der Waals surface area contributed by atoms with Crippen molar-refractivity contribution in [3.63, 3.8) is 0 Å². The van der Waals surface area contributed by atoms with E-state index in [-0.39, 0.29) is 18.4 Å². The third-order valence-electron chi connectivity index (χ3n) is 2.99. The minimum absolute atomic E-state index is 0.196.